The Morgan fingerprint density at radius 3 is 2.84 bits per heavy atom. The van der Waals surface area contributed by atoms with Crippen molar-refractivity contribution in [3.05, 3.63) is 35.4 Å². The number of nitrogens with zero attached hydrogens (tertiary/aromatic N) is 3. The van der Waals surface area contributed by atoms with Gasteiger partial charge in [-0.25, -0.2) is 0 Å². The van der Waals surface area contributed by atoms with E-state index in [1.54, 1.807) is 13.1 Å². The monoisotopic (exact) mass is 355 g/mol. The van der Waals surface area contributed by atoms with Crippen molar-refractivity contribution in [1.29, 1.82) is 0 Å². The molecule has 0 bridgehead atoms. The molecule has 2 saturated heterocycles. The zero-order valence-electron chi connectivity index (χ0n) is 14.4. The van der Waals surface area contributed by atoms with Gasteiger partial charge in [-0.2, -0.15) is 13.2 Å². The van der Waals surface area contributed by atoms with Crippen molar-refractivity contribution >= 4 is 5.91 Å². The van der Waals surface area contributed by atoms with Crippen molar-refractivity contribution in [2.24, 2.45) is 0 Å². The maximum Gasteiger partial charge on any atom is 0.416 e. The van der Waals surface area contributed by atoms with E-state index in [0.717, 1.165) is 38.3 Å². The number of carbonyl (C=O) groups is 1. The topological polar surface area (TPSA) is 26.8 Å². The van der Waals surface area contributed by atoms with E-state index in [0.29, 0.717) is 18.2 Å². The first-order valence-electron chi connectivity index (χ1n) is 8.69. The average Bonchev–Trinajstić information content (AvgIpc) is 3.02. The zero-order valence-corrected chi connectivity index (χ0v) is 14.4. The molecule has 0 N–H and O–H groups in total. The van der Waals surface area contributed by atoms with Crippen LogP contribution in [0.25, 0.3) is 0 Å². The maximum absolute atomic E-state index is 12.8. The Kier molecular flexibility index (Phi) is 5.34. The van der Waals surface area contributed by atoms with Crippen LogP contribution in [0.5, 0.6) is 0 Å². The minimum atomic E-state index is -4.36. The molecule has 4 nitrogen and oxygen atoms in total. The fourth-order valence-corrected chi connectivity index (χ4v) is 3.72. The summed E-state index contributed by atoms with van der Waals surface area (Å²) in [5.74, 6) is -0.0520. The number of alkyl halides is 3. The van der Waals surface area contributed by atoms with Crippen molar-refractivity contribution < 1.29 is 18.0 Å². The van der Waals surface area contributed by atoms with Crippen LogP contribution in [0.1, 0.15) is 24.0 Å². The van der Waals surface area contributed by atoms with Gasteiger partial charge in [-0.1, -0.05) is 12.1 Å². The second-order valence-electron chi connectivity index (χ2n) is 7.02. The van der Waals surface area contributed by atoms with E-state index in [1.165, 1.54) is 23.8 Å². The Morgan fingerprint density at radius 1 is 1.28 bits per heavy atom. The van der Waals surface area contributed by atoms with Crippen LogP contribution < -0.4 is 0 Å². The maximum atomic E-state index is 12.8. The third-order valence-corrected chi connectivity index (χ3v) is 5.13. The molecule has 0 saturated carbocycles. The van der Waals surface area contributed by atoms with E-state index in [1.807, 2.05) is 0 Å². The molecule has 1 aromatic rings. The summed E-state index contributed by atoms with van der Waals surface area (Å²) in [6.07, 6.45) is -1.95. The number of carbonyl (C=O) groups excluding carboxylic acids is 1. The molecule has 138 valence electrons. The number of amides is 1. The zero-order chi connectivity index (χ0) is 18.0. The van der Waals surface area contributed by atoms with Gasteiger partial charge in [-0.3, -0.25) is 14.6 Å². The summed E-state index contributed by atoms with van der Waals surface area (Å²) in [7, 11) is 1.65. The summed E-state index contributed by atoms with van der Waals surface area (Å²) < 4.78 is 38.4. The predicted octanol–water partition coefficient (Wildman–Crippen LogP) is 2.44. The molecule has 0 aromatic heterocycles. The van der Waals surface area contributed by atoms with Gasteiger partial charge in [0.05, 0.1) is 12.1 Å². The Morgan fingerprint density at radius 2 is 2.08 bits per heavy atom. The normalized spacial score (nSPS) is 22.0. The van der Waals surface area contributed by atoms with E-state index in [4.69, 9.17) is 0 Å². The lowest BCUT2D eigenvalue weighted by Gasteiger charge is -2.37. The number of hydrogen-bond donors (Lipinski definition) is 0. The molecular weight excluding hydrogens is 331 g/mol. The lowest BCUT2D eigenvalue weighted by Crippen LogP contribution is -2.52. The van der Waals surface area contributed by atoms with Gasteiger partial charge >= 0.3 is 6.18 Å². The van der Waals surface area contributed by atoms with Crippen LogP contribution in [0.15, 0.2) is 24.3 Å². The van der Waals surface area contributed by atoms with Crippen LogP contribution in [0, 0.1) is 0 Å². The summed E-state index contributed by atoms with van der Waals surface area (Å²) in [4.78, 5) is 18.6. The van der Waals surface area contributed by atoms with Gasteiger partial charge < -0.3 is 4.90 Å². The summed E-state index contributed by atoms with van der Waals surface area (Å²) in [5.41, 5.74) is -0.186. The molecular formula is C18H24F3N3O. The van der Waals surface area contributed by atoms with E-state index in [2.05, 4.69) is 9.80 Å². The number of piperazine rings is 1. The van der Waals surface area contributed by atoms with Crippen molar-refractivity contribution in [2.45, 2.75) is 31.6 Å². The molecule has 0 aliphatic carbocycles. The van der Waals surface area contributed by atoms with Crippen LogP contribution in [0.3, 0.4) is 0 Å². The molecule has 2 aliphatic heterocycles. The van der Waals surface area contributed by atoms with E-state index < -0.39 is 11.7 Å². The number of hydrogen-bond acceptors (Lipinski definition) is 3. The van der Waals surface area contributed by atoms with Crippen LogP contribution >= 0.6 is 0 Å². The Hall–Kier alpha value is -1.60. The van der Waals surface area contributed by atoms with Gasteiger partial charge in [0.2, 0.25) is 5.91 Å². The minimum absolute atomic E-state index is 0.0520. The van der Waals surface area contributed by atoms with Crippen LogP contribution in [-0.4, -0.2) is 66.4 Å². The fourth-order valence-electron chi connectivity index (χ4n) is 3.72. The molecule has 7 heteroatoms. The molecule has 1 atom stereocenters. The average molecular weight is 355 g/mol. The van der Waals surface area contributed by atoms with Gasteiger partial charge in [0.15, 0.2) is 0 Å². The third-order valence-electron chi connectivity index (χ3n) is 5.13. The molecule has 3 rings (SSSR count). The van der Waals surface area contributed by atoms with Crippen LogP contribution in [0.4, 0.5) is 13.2 Å². The second-order valence-corrected chi connectivity index (χ2v) is 7.02. The van der Waals surface area contributed by atoms with Gasteiger partial charge in [0.1, 0.15) is 0 Å². The number of halogens is 3. The number of benzene rings is 1. The number of rotatable bonds is 4. The summed E-state index contributed by atoms with van der Waals surface area (Å²) >= 11 is 0. The number of likely N-dealkylation sites (N-methyl/N-ethyl adjacent to an activating group) is 1. The molecule has 0 spiro atoms. The van der Waals surface area contributed by atoms with Gasteiger partial charge in [0, 0.05) is 39.3 Å². The van der Waals surface area contributed by atoms with Crippen molar-refractivity contribution in [1.82, 2.24) is 14.7 Å². The van der Waals surface area contributed by atoms with Crippen LogP contribution in [0.2, 0.25) is 0 Å². The molecule has 2 fully saturated rings. The molecule has 1 unspecified atom stereocenters. The minimum Gasteiger partial charge on any atom is -0.340 e. The fraction of sp³-hybridized carbons (Fsp3) is 0.611. The smallest absolute Gasteiger partial charge is 0.340 e. The SMILES string of the molecule is CN(Cc1cccc(C(F)(F)F)c1)C(=O)CN1CCN2CCCC2C1. The highest BCUT2D eigenvalue weighted by Gasteiger charge is 2.32. The summed E-state index contributed by atoms with van der Waals surface area (Å²) in [6.45, 7) is 4.45. The summed E-state index contributed by atoms with van der Waals surface area (Å²) in [5, 5.41) is 0. The first-order chi connectivity index (χ1) is 11.8. The van der Waals surface area contributed by atoms with E-state index in [-0.39, 0.29) is 12.5 Å². The standard InChI is InChI=1S/C18H24F3N3O/c1-22(11-14-4-2-5-15(10-14)18(19,20)21)17(25)13-23-8-9-24-7-3-6-16(24)12-23/h2,4-5,10,16H,3,6-9,11-13H2,1H3. The molecule has 2 heterocycles. The highest BCUT2D eigenvalue weighted by molar-refractivity contribution is 5.78. The van der Waals surface area contributed by atoms with E-state index >= 15 is 0 Å². The van der Waals surface area contributed by atoms with E-state index in [9.17, 15) is 18.0 Å². The van der Waals surface area contributed by atoms with Crippen molar-refractivity contribution in [3.8, 4) is 0 Å². The van der Waals surface area contributed by atoms with Crippen molar-refractivity contribution in [2.75, 3.05) is 39.8 Å². The lowest BCUT2D eigenvalue weighted by molar-refractivity contribution is -0.137. The summed E-state index contributed by atoms with van der Waals surface area (Å²) in [6, 6.07) is 5.72. The van der Waals surface area contributed by atoms with Gasteiger partial charge in [-0.05, 0) is 37.1 Å². The molecule has 2 aliphatic rings. The number of fused-ring (bicyclic) bond motifs is 1. The highest BCUT2D eigenvalue weighted by atomic mass is 19.4. The molecule has 25 heavy (non-hydrogen) atoms. The Balaban J connectivity index is 1.54. The van der Waals surface area contributed by atoms with Gasteiger partial charge in [-0.15, -0.1) is 0 Å². The highest BCUT2D eigenvalue weighted by Crippen LogP contribution is 2.29. The third kappa shape index (κ3) is 4.52. The molecule has 1 amide bonds. The predicted molar refractivity (Wildman–Crippen MR) is 89.0 cm³/mol. The quantitative estimate of drug-likeness (QED) is 0.830. The lowest BCUT2D eigenvalue weighted by atomic mass is 10.1. The molecule has 1 aromatic carbocycles. The first kappa shape index (κ1) is 18.2. The Bertz CT molecular complexity index is 620. The van der Waals surface area contributed by atoms with Gasteiger partial charge in [0.25, 0.3) is 0 Å². The molecule has 0 radical (unpaired) electrons. The van der Waals surface area contributed by atoms with Crippen LogP contribution in [-0.2, 0) is 17.5 Å². The Labute approximate surface area is 146 Å². The van der Waals surface area contributed by atoms with Crippen molar-refractivity contribution in [3.63, 3.8) is 0 Å². The first-order valence-corrected chi connectivity index (χ1v) is 8.69. The second kappa shape index (κ2) is 7.33. The largest absolute Gasteiger partial charge is 0.416 e.